The number of fused-ring (bicyclic) bond motifs is 1. The average Bonchev–Trinajstić information content (AvgIpc) is 2.47. The lowest BCUT2D eigenvalue weighted by Crippen LogP contribution is -1.80. The summed E-state index contributed by atoms with van der Waals surface area (Å²) < 4.78 is 10.1. The van der Waals surface area contributed by atoms with Gasteiger partial charge in [0.2, 0.25) is 0 Å². The highest BCUT2D eigenvalue weighted by molar-refractivity contribution is 5.80. The first-order valence-electron chi connectivity index (χ1n) is 3.71. The smallest absolute Gasteiger partial charge is 0.170 e. The Kier molecular flexibility index (Phi) is 1.50. The Balaban J connectivity index is 2.69. The van der Waals surface area contributed by atoms with Crippen molar-refractivity contribution in [3.63, 3.8) is 0 Å². The molecule has 0 spiro atoms. The van der Waals surface area contributed by atoms with E-state index in [4.69, 9.17) is 9.26 Å². The van der Waals surface area contributed by atoms with Gasteiger partial charge in [-0.25, -0.2) is 0 Å². The van der Waals surface area contributed by atoms with Crippen molar-refractivity contribution in [2.45, 2.75) is 6.92 Å². The molecule has 0 N–H and O–H groups in total. The van der Waals surface area contributed by atoms with Crippen molar-refractivity contribution in [1.29, 1.82) is 0 Å². The van der Waals surface area contributed by atoms with E-state index in [1.165, 1.54) is 0 Å². The normalized spacial score (nSPS) is 10.5. The van der Waals surface area contributed by atoms with Crippen LogP contribution in [-0.2, 0) is 0 Å². The van der Waals surface area contributed by atoms with Gasteiger partial charge in [0.05, 0.1) is 12.8 Å². The van der Waals surface area contributed by atoms with E-state index in [0.717, 1.165) is 22.4 Å². The largest absolute Gasteiger partial charge is 0.497 e. The number of nitrogens with zero attached hydrogens (tertiary/aromatic N) is 1. The highest BCUT2D eigenvalue weighted by Crippen LogP contribution is 2.22. The highest BCUT2D eigenvalue weighted by Gasteiger charge is 2.03. The zero-order chi connectivity index (χ0) is 8.55. The van der Waals surface area contributed by atoms with Crippen molar-refractivity contribution in [1.82, 2.24) is 5.16 Å². The van der Waals surface area contributed by atoms with Crippen LogP contribution in [0.4, 0.5) is 0 Å². The second-order valence-electron chi connectivity index (χ2n) is 2.63. The quantitative estimate of drug-likeness (QED) is 0.646. The highest BCUT2D eigenvalue weighted by atomic mass is 16.5. The van der Waals surface area contributed by atoms with E-state index >= 15 is 0 Å². The molecule has 0 amide bonds. The standard InChI is InChI=1S/C9H9NO2/c1-6-8-4-3-7(11-2)5-9(8)12-10-6/h3-5H,1-2H3. The van der Waals surface area contributed by atoms with Crippen LogP contribution >= 0.6 is 0 Å². The summed E-state index contributed by atoms with van der Waals surface area (Å²) in [5.41, 5.74) is 1.68. The Morgan fingerprint density at radius 1 is 1.42 bits per heavy atom. The van der Waals surface area contributed by atoms with Crippen LogP contribution in [0.3, 0.4) is 0 Å². The van der Waals surface area contributed by atoms with Crippen molar-refractivity contribution >= 4 is 11.0 Å². The predicted octanol–water partition coefficient (Wildman–Crippen LogP) is 2.14. The Labute approximate surface area is 69.9 Å². The fourth-order valence-electron chi connectivity index (χ4n) is 1.17. The summed E-state index contributed by atoms with van der Waals surface area (Å²) >= 11 is 0. The third-order valence-corrected chi connectivity index (χ3v) is 1.86. The molecule has 1 aromatic carbocycles. The van der Waals surface area contributed by atoms with Gasteiger partial charge in [-0.15, -0.1) is 0 Å². The molecule has 3 nitrogen and oxygen atoms in total. The minimum atomic E-state index is 0.770. The van der Waals surface area contributed by atoms with Crippen LogP contribution in [0, 0.1) is 6.92 Å². The number of methoxy groups -OCH3 is 1. The molecule has 0 aliphatic carbocycles. The fraction of sp³-hybridized carbons (Fsp3) is 0.222. The van der Waals surface area contributed by atoms with Gasteiger partial charge < -0.3 is 9.26 Å². The number of ether oxygens (including phenoxy) is 1. The molecular weight excluding hydrogens is 154 g/mol. The number of rotatable bonds is 1. The molecule has 0 aliphatic heterocycles. The molecule has 0 saturated carbocycles. The summed E-state index contributed by atoms with van der Waals surface area (Å²) in [4.78, 5) is 0. The lowest BCUT2D eigenvalue weighted by atomic mass is 10.2. The second kappa shape index (κ2) is 2.52. The topological polar surface area (TPSA) is 35.3 Å². The molecule has 2 aromatic rings. The van der Waals surface area contributed by atoms with Crippen LogP contribution in [0.1, 0.15) is 5.69 Å². The number of aromatic nitrogens is 1. The lowest BCUT2D eigenvalue weighted by Gasteiger charge is -1.96. The monoisotopic (exact) mass is 163 g/mol. The average molecular weight is 163 g/mol. The van der Waals surface area contributed by atoms with Gasteiger partial charge in [0.1, 0.15) is 5.75 Å². The van der Waals surface area contributed by atoms with E-state index in [0.29, 0.717) is 0 Å². The summed E-state index contributed by atoms with van der Waals surface area (Å²) in [6.07, 6.45) is 0. The SMILES string of the molecule is COc1ccc2c(C)noc2c1. The zero-order valence-corrected chi connectivity index (χ0v) is 7.00. The molecule has 0 radical (unpaired) electrons. The van der Waals surface area contributed by atoms with E-state index in [2.05, 4.69) is 5.16 Å². The molecular formula is C9H9NO2. The van der Waals surface area contributed by atoms with E-state index in [-0.39, 0.29) is 0 Å². The molecule has 0 unspecified atom stereocenters. The van der Waals surface area contributed by atoms with Gasteiger partial charge in [0.25, 0.3) is 0 Å². The summed E-state index contributed by atoms with van der Waals surface area (Å²) in [7, 11) is 1.63. The molecule has 2 rings (SSSR count). The zero-order valence-electron chi connectivity index (χ0n) is 7.00. The van der Waals surface area contributed by atoms with Gasteiger partial charge >= 0.3 is 0 Å². The molecule has 62 valence electrons. The van der Waals surface area contributed by atoms with Crippen molar-refractivity contribution in [3.8, 4) is 5.75 Å². The lowest BCUT2D eigenvalue weighted by molar-refractivity contribution is 0.411. The maximum Gasteiger partial charge on any atom is 0.170 e. The first-order valence-corrected chi connectivity index (χ1v) is 3.71. The van der Waals surface area contributed by atoms with Crippen molar-refractivity contribution < 1.29 is 9.26 Å². The van der Waals surface area contributed by atoms with Crippen LogP contribution in [0.2, 0.25) is 0 Å². The van der Waals surface area contributed by atoms with Gasteiger partial charge in [0.15, 0.2) is 5.58 Å². The number of benzene rings is 1. The number of aryl methyl sites for hydroxylation is 1. The third kappa shape index (κ3) is 0.942. The molecule has 0 aliphatic rings. The summed E-state index contributed by atoms with van der Waals surface area (Å²) in [5.74, 6) is 0.790. The Morgan fingerprint density at radius 3 is 3.00 bits per heavy atom. The Morgan fingerprint density at radius 2 is 2.25 bits per heavy atom. The van der Waals surface area contributed by atoms with E-state index in [1.54, 1.807) is 7.11 Å². The molecule has 3 heteroatoms. The molecule has 0 bridgehead atoms. The maximum absolute atomic E-state index is 5.06. The summed E-state index contributed by atoms with van der Waals surface area (Å²) in [6, 6.07) is 5.67. The second-order valence-corrected chi connectivity index (χ2v) is 2.63. The molecule has 0 atom stereocenters. The van der Waals surface area contributed by atoms with E-state index < -0.39 is 0 Å². The summed E-state index contributed by atoms with van der Waals surface area (Å²) in [6.45, 7) is 1.91. The maximum atomic E-state index is 5.06. The minimum Gasteiger partial charge on any atom is -0.497 e. The van der Waals surface area contributed by atoms with Crippen molar-refractivity contribution in [2.24, 2.45) is 0 Å². The Bertz CT molecular complexity index is 406. The molecule has 0 saturated heterocycles. The van der Waals surface area contributed by atoms with Crippen LogP contribution in [0.5, 0.6) is 5.75 Å². The fourth-order valence-corrected chi connectivity index (χ4v) is 1.17. The Hall–Kier alpha value is -1.51. The summed E-state index contributed by atoms with van der Waals surface area (Å²) in [5, 5.41) is 4.88. The number of hydrogen-bond donors (Lipinski definition) is 0. The predicted molar refractivity (Wildman–Crippen MR) is 45.3 cm³/mol. The first kappa shape index (κ1) is 7.16. The number of hydrogen-bond acceptors (Lipinski definition) is 3. The van der Waals surface area contributed by atoms with Crippen molar-refractivity contribution in [3.05, 3.63) is 23.9 Å². The van der Waals surface area contributed by atoms with Gasteiger partial charge in [0, 0.05) is 11.5 Å². The van der Waals surface area contributed by atoms with Crippen LogP contribution in [0.25, 0.3) is 11.0 Å². The third-order valence-electron chi connectivity index (χ3n) is 1.86. The van der Waals surface area contributed by atoms with Gasteiger partial charge in [-0.2, -0.15) is 0 Å². The van der Waals surface area contributed by atoms with Crippen molar-refractivity contribution in [2.75, 3.05) is 7.11 Å². The van der Waals surface area contributed by atoms with Gasteiger partial charge in [-0.05, 0) is 19.1 Å². The van der Waals surface area contributed by atoms with Crippen LogP contribution in [-0.4, -0.2) is 12.3 Å². The van der Waals surface area contributed by atoms with E-state index in [1.807, 2.05) is 25.1 Å². The van der Waals surface area contributed by atoms with Gasteiger partial charge in [-0.1, -0.05) is 5.16 Å². The van der Waals surface area contributed by atoms with Crippen LogP contribution < -0.4 is 4.74 Å². The minimum absolute atomic E-state index is 0.770. The van der Waals surface area contributed by atoms with Crippen LogP contribution in [0.15, 0.2) is 22.7 Å². The molecule has 0 fully saturated rings. The molecule has 1 heterocycles. The van der Waals surface area contributed by atoms with E-state index in [9.17, 15) is 0 Å². The molecule has 1 aromatic heterocycles. The van der Waals surface area contributed by atoms with Gasteiger partial charge in [-0.3, -0.25) is 0 Å². The first-order chi connectivity index (χ1) is 5.81. The molecule has 12 heavy (non-hydrogen) atoms.